The van der Waals surface area contributed by atoms with Gasteiger partial charge in [-0.1, -0.05) is 72.3 Å². The maximum absolute atomic E-state index is 6.43. The van der Waals surface area contributed by atoms with Gasteiger partial charge in [0.05, 0.1) is 58.3 Å². The molecule has 0 amide bonds. The predicted molar refractivity (Wildman–Crippen MR) is 199 cm³/mol. The lowest BCUT2D eigenvalue weighted by Crippen LogP contribution is -2.08. The van der Waals surface area contributed by atoms with E-state index in [1.807, 2.05) is 67.0 Å². The van der Waals surface area contributed by atoms with Crippen LogP contribution in [0.25, 0.3) is 33.2 Å². The van der Waals surface area contributed by atoms with Crippen molar-refractivity contribution in [1.82, 2.24) is 19.1 Å². The third-order valence-corrected chi connectivity index (χ3v) is 9.47. The zero-order valence-corrected chi connectivity index (χ0v) is 27.2. The van der Waals surface area contributed by atoms with E-state index in [1.54, 1.807) is 0 Å². The molecule has 2 aliphatic heterocycles. The van der Waals surface area contributed by atoms with E-state index in [-0.39, 0.29) is 0 Å². The summed E-state index contributed by atoms with van der Waals surface area (Å²) in [5.74, 6) is 0. The van der Waals surface area contributed by atoms with Gasteiger partial charge >= 0.3 is 0 Å². The van der Waals surface area contributed by atoms with Crippen molar-refractivity contribution in [1.29, 1.82) is 0 Å². The molecule has 10 rings (SSSR count). The molecule has 0 N–H and O–H groups in total. The molecule has 0 aliphatic carbocycles. The number of benzene rings is 4. The Labute approximate surface area is 288 Å². The number of hydrogen-bond donors (Lipinski definition) is 0. The van der Waals surface area contributed by atoms with Gasteiger partial charge in [0, 0.05) is 57.3 Å². The van der Waals surface area contributed by atoms with E-state index in [9.17, 15) is 0 Å². The monoisotopic (exact) mass is 652 g/mol. The van der Waals surface area contributed by atoms with Gasteiger partial charge in [0.25, 0.3) is 0 Å². The first-order valence-corrected chi connectivity index (χ1v) is 16.6. The number of hydrogen-bond acceptors (Lipinski definition) is 4. The van der Waals surface area contributed by atoms with Crippen LogP contribution in [0.3, 0.4) is 0 Å². The van der Waals surface area contributed by atoms with Crippen LogP contribution in [0.5, 0.6) is 0 Å². The number of aliphatic imine (C=N–C) groups is 2. The maximum atomic E-state index is 6.43. The fourth-order valence-corrected chi connectivity index (χ4v) is 6.97. The minimum absolute atomic E-state index is 0.554. The normalized spacial score (nSPS) is 13.1. The first-order valence-electron chi connectivity index (χ1n) is 16.2. The molecule has 7 heteroatoms. The van der Waals surface area contributed by atoms with Gasteiger partial charge < -0.3 is 9.13 Å². The van der Waals surface area contributed by atoms with Crippen LogP contribution in [-0.2, 0) is 13.1 Å². The van der Waals surface area contributed by atoms with Crippen molar-refractivity contribution >= 4 is 44.8 Å². The van der Waals surface area contributed by atoms with Gasteiger partial charge in [-0.2, -0.15) is 0 Å². The predicted octanol–water partition coefficient (Wildman–Crippen LogP) is 9.41. The lowest BCUT2D eigenvalue weighted by Gasteiger charge is -2.11. The topological polar surface area (TPSA) is 60.4 Å². The van der Waals surface area contributed by atoms with Gasteiger partial charge in [-0.3, -0.25) is 20.0 Å². The summed E-state index contributed by atoms with van der Waals surface area (Å²) in [4.78, 5) is 19.0. The second-order valence-electron chi connectivity index (χ2n) is 12.1. The Morgan fingerprint density at radius 2 is 1.06 bits per heavy atom. The number of pyridine rings is 2. The van der Waals surface area contributed by atoms with Crippen molar-refractivity contribution in [3.63, 3.8) is 0 Å². The smallest absolute Gasteiger partial charge is 0.0906 e. The molecule has 0 saturated carbocycles. The highest BCUT2D eigenvalue weighted by atomic mass is 35.5. The van der Waals surface area contributed by atoms with Crippen molar-refractivity contribution in [3.05, 3.63) is 191 Å². The lowest BCUT2D eigenvalue weighted by atomic mass is 10.1. The highest BCUT2D eigenvalue weighted by molar-refractivity contribution is 6.31. The second kappa shape index (κ2) is 12.2. The molecule has 0 spiro atoms. The number of fused-ring (bicyclic) bond motifs is 8. The first kappa shape index (κ1) is 29.1. The Morgan fingerprint density at radius 1 is 0.510 bits per heavy atom. The third kappa shape index (κ3) is 5.23. The average molecular weight is 653 g/mol. The van der Waals surface area contributed by atoms with E-state index in [1.165, 1.54) is 11.3 Å². The number of halogens is 1. The van der Waals surface area contributed by atoms with E-state index in [4.69, 9.17) is 21.6 Å². The molecular formula is C42H29ClN6. The summed E-state index contributed by atoms with van der Waals surface area (Å²) in [5.41, 5.74) is 12.7. The summed E-state index contributed by atoms with van der Waals surface area (Å²) >= 11 is 6.43. The standard InChI is InChI=1S/C21H14ClN3.C21H15N3/c22-17-6-3-8-19-16(17)13-24-21(20-9-4-10-25(19)20)15-11-14-5-1-2-7-18(14)23-12-15;1-3-8-18-15(6-1)12-17(14-22-18)21-20-10-5-11-24(20)19-9-4-2-7-16(19)13-23-21/h1-12H,13H2;1-12,14H,13H2. The van der Waals surface area contributed by atoms with Gasteiger partial charge in [0.15, 0.2) is 0 Å². The first-order chi connectivity index (χ1) is 24.2. The number of rotatable bonds is 2. The fraction of sp³-hybridized carbons (Fsp3) is 0.0476. The van der Waals surface area contributed by atoms with Crippen LogP contribution < -0.4 is 0 Å². The van der Waals surface area contributed by atoms with Crippen LogP contribution >= 0.6 is 11.6 Å². The summed E-state index contributed by atoms with van der Waals surface area (Å²) in [7, 11) is 0. The quantitative estimate of drug-likeness (QED) is 0.187. The molecule has 2 aliphatic rings. The molecule has 234 valence electrons. The zero-order valence-electron chi connectivity index (χ0n) is 26.4. The Balaban J connectivity index is 0.000000133. The van der Waals surface area contributed by atoms with Crippen molar-refractivity contribution in [2.24, 2.45) is 9.98 Å². The summed E-state index contributed by atoms with van der Waals surface area (Å²) in [6, 6.07) is 43.4. The van der Waals surface area contributed by atoms with Crippen molar-refractivity contribution in [2.75, 3.05) is 0 Å². The van der Waals surface area contributed by atoms with Crippen LogP contribution in [0.4, 0.5) is 0 Å². The molecule has 4 aromatic heterocycles. The summed E-state index contributed by atoms with van der Waals surface area (Å²) < 4.78 is 4.37. The van der Waals surface area contributed by atoms with Gasteiger partial charge in [0.1, 0.15) is 0 Å². The number of nitrogens with zero attached hydrogens (tertiary/aromatic N) is 6. The van der Waals surface area contributed by atoms with Crippen molar-refractivity contribution in [3.8, 4) is 11.4 Å². The van der Waals surface area contributed by atoms with Gasteiger partial charge in [-0.05, 0) is 72.3 Å². The Morgan fingerprint density at radius 3 is 1.73 bits per heavy atom. The molecule has 49 heavy (non-hydrogen) atoms. The van der Waals surface area contributed by atoms with E-state index in [0.717, 1.165) is 72.0 Å². The maximum Gasteiger partial charge on any atom is 0.0906 e. The van der Waals surface area contributed by atoms with Gasteiger partial charge in [-0.25, -0.2) is 0 Å². The van der Waals surface area contributed by atoms with Crippen molar-refractivity contribution in [2.45, 2.75) is 13.1 Å². The van der Waals surface area contributed by atoms with E-state index in [2.05, 4.69) is 104 Å². The minimum atomic E-state index is 0.554. The molecule has 0 fully saturated rings. The molecular weight excluding hydrogens is 624 g/mol. The second-order valence-corrected chi connectivity index (χ2v) is 12.5. The van der Waals surface area contributed by atoms with Crippen LogP contribution in [0.15, 0.2) is 162 Å². The van der Waals surface area contributed by atoms with Crippen LogP contribution in [0.1, 0.15) is 33.6 Å². The SMILES string of the molecule is Clc1cccc2c1CN=C(c1cnc3ccccc3c1)c1cccn1-2.c1ccc2c(c1)CN=C(c1cnc3ccccc3c1)c1cccn1-2. The van der Waals surface area contributed by atoms with E-state index >= 15 is 0 Å². The highest BCUT2D eigenvalue weighted by Gasteiger charge is 2.21. The van der Waals surface area contributed by atoms with E-state index in [0.29, 0.717) is 13.1 Å². The number of aromatic nitrogens is 4. The summed E-state index contributed by atoms with van der Waals surface area (Å²) in [6.45, 7) is 1.23. The molecule has 0 saturated heterocycles. The van der Waals surface area contributed by atoms with Crippen LogP contribution in [0, 0.1) is 0 Å². The van der Waals surface area contributed by atoms with Crippen LogP contribution in [0.2, 0.25) is 5.02 Å². The lowest BCUT2D eigenvalue weighted by molar-refractivity contribution is 1.02. The van der Waals surface area contributed by atoms with Gasteiger partial charge in [0.2, 0.25) is 0 Å². The minimum Gasteiger partial charge on any atom is -0.315 e. The summed E-state index contributed by atoms with van der Waals surface area (Å²) in [6.07, 6.45) is 7.98. The molecule has 0 radical (unpaired) electrons. The van der Waals surface area contributed by atoms with Crippen molar-refractivity contribution < 1.29 is 0 Å². The van der Waals surface area contributed by atoms with Crippen LogP contribution in [-0.4, -0.2) is 30.5 Å². The average Bonchev–Trinajstić information content (AvgIpc) is 3.77. The Bertz CT molecular complexity index is 2590. The fourth-order valence-electron chi connectivity index (χ4n) is 6.74. The molecule has 6 nitrogen and oxygen atoms in total. The Hall–Kier alpha value is -6.11. The van der Waals surface area contributed by atoms with E-state index < -0.39 is 0 Å². The Kier molecular flexibility index (Phi) is 7.21. The van der Waals surface area contributed by atoms with Gasteiger partial charge in [-0.15, -0.1) is 0 Å². The highest BCUT2D eigenvalue weighted by Crippen LogP contribution is 2.30. The summed E-state index contributed by atoms with van der Waals surface area (Å²) in [5, 5.41) is 3.00. The molecule has 4 aromatic carbocycles. The largest absolute Gasteiger partial charge is 0.315 e. The zero-order chi connectivity index (χ0) is 32.7. The molecule has 0 unspecified atom stereocenters. The number of para-hydroxylation sites is 3. The third-order valence-electron chi connectivity index (χ3n) is 9.12. The molecule has 8 aromatic rings. The molecule has 6 heterocycles. The molecule has 0 bridgehead atoms. The molecule has 0 atom stereocenters.